The number of hydrogen-bond donors (Lipinski definition) is 4. The molecule has 0 radical (unpaired) electrons. The van der Waals surface area contributed by atoms with Gasteiger partial charge in [0, 0.05) is 23.7 Å². The van der Waals surface area contributed by atoms with E-state index in [2.05, 4.69) is 20.6 Å². The van der Waals surface area contributed by atoms with Gasteiger partial charge in [-0.15, -0.1) is 11.3 Å². The number of aromatic amines is 1. The van der Waals surface area contributed by atoms with Crippen molar-refractivity contribution in [1.82, 2.24) is 15.3 Å². The lowest BCUT2D eigenvalue weighted by atomic mass is 10.1. The van der Waals surface area contributed by atoms with Gasteiger partial charge >= 0.3 is 0 Å². The highest BCUT2D eigenvalue weighted by Crippen LogP contribution is 2.26. The van der Waals surface area contributed by atoms with E-state index >= 15 is 0 Å². The van der Waals surface area contributed by atoms with Gasteiger partial charge in [0.1, 0.15) is 5.69 Å². The minimum absolute atomic E-state index is 0.00562. The molecule has 2 amide bonds. The van der Waals surface area contributed by atoms with Gasteiger partial charge in [0.15, 0.2) is 5.13 Å². The lowest BCUT2D eigenvalue weighted by Crippen LogP contribution is -2.24. The number of thiazole rings is 1. The van der Waals surface area contributed by atoms with E-state index in [1.807, 2.05) is 5.38 Å². The average Bonchev–Trinajstić information content (AvgIpc) is 3.20. The van der Waals surface area contributed by atoms with Crippen LogP contribution >= 0.6 is 11.3 Å². The van der Waals surface area contributed by atoms with Gasteiger partial charge in [-0.25, -0.2) is 4.98 Å². The molecule has 1 saturated heterocycles. The molecule has 1 aliphatic heterocycles. The van der Waals surface area contributed by atoms with E-state index in [4.69, 9.17) is 5.73 Å². The van der Waals surface area contributed by atoms with Crippen LogP contribution in [0.15, 0.2) is 17.6 Å². The second-order valence-corrected chi connectivity index (χ2v) is 5.74. The van der Waals surface area contributed by atoms with Gasteiger partial charge in [0.25, 0.3) is 5.91 Å². The summed E-state index contributed by atoms with van der Waals surface area (Å²) in [6.45, 7) is 1.59. The molecule has 1 atom stereocenters. The Bertz CT molecular complexity index is 672. The number of primary amides is 1. The molecule has 1 fully saturated rings. The number of carbonyl (C=O) groups is 2. The van der Waals surface area contributed by atoms with Gasteiger partial charge in [0.2, 0.25) is 5.91 Å². The van der Waals surface area contributed by atoms with Crippen LogP contribution in [0, 0.1) is 5.92 Å². The largest absolute Gasteiger partial charge is 0.364 e. The third-order valence-corrected chi connectivity index (χ3v) is 4.17. The van der Waals surface area contributed by atoms with Crippen molar-refractivity contribution in [2.75, 3.05) is 18.4 Å². The number of anilines is 1. The smallest absolute Gasteiger partial charge is 0.265 e. The highest BCUT2D eigenvalue weighted by atomic mass is 32.1. The number of aromatic nitrogens is 2. The van der Waals surface area contributed by atoms with Crippen molar-refractivity contribution in [3.63, 3.8) is 0 Å². The van der Waals surface area contributed by atoms with Gasteiger partial charge in [-0.1, -0.05) is 0 Å². The van der Waals surface area contributed by atoms with Gasteiger partial charge in [-0.3, -0.25) is 9.59 Å². The van der Waals surface area contributed by atoms with Crippen molar-refractivity contribution in [2.24, 2.45) is 11.7 Å². The van der Waals surface area contributed by atoms with Crippen molar-refractivity contribution < 1.29 is 9.59 Å². The maximum Gasteiger partial charge on any atom is 0.265 e. The van der Waals surface area contributed by atoms with E-state index in [-0.39, 0.29) is 11.8 Å². The highest BCUT2D eigenvalue weighted by molar-refractivity contribution is 7.14. The van der Waals surface area contributed by atoms with Crippen LogP contribution < -0.4 is 16.4 Å². The Labute approximate surface area is 125 Å². The number of nitrogens with two attached hydrogens (primary N) is 1. The summed E-state index contributed by atoms with van der Waals surface area (Å²) in [5.74, 6) is -0.516. The molecule has 8 heteroatoms. The fraction of sp³-hybridized carbons (Fsp3) is 0.308. The quantitative estimate of drug-likeness (QED) is 0.668. The summed E-state index contributed by atoms with van der Waals surface area (Å²) in [5, 5.41) is 8.38. The Balaban J connectivity index is 1.70. The van der Waals surface area contributed by atoms with Gasteiger partial charge in [-0.2, -0.15) is 0 Å². The van der Waals surface area contributed by atoms with Crippen molar-refractivity contribution in [3.05, 3.63) is 23.3 Å². The molecule has 110 valence electrons. The number of amides is 2. The summed E-state index contributed by atoms with van der Waals surface area (Å²) >= 11 is 1.36. The topological polar surface area (TPSA) is 113 Å². The predicted molar refractivity (Wildman–Crippen MR) is 80.0 cm³/mol. The zero-order valence-corrected chi connectivity index (χ0v) is 12.0. The first-order valence-corrected chi connectivity index (χ1v) is 7.47. The Kier molecular flexibility index (Phi) is 3.72. The Morgan fingerprint density at radius 3 is 3.00 bits per heavy atom. The number of hydrogen-bond acceptors (Lipinski definition) is 5. The Morgan fingerprint density at radius 2 is 2.33 bits per heavy atom. The molecule has 2 aromatic rings. The molecule has 3 heterocycles. The average molecular weight is 305 g/mol. The highest BCUT2D eigenvalue weighted by Gasteiger charge is 2.23. The zero-order chi connectivity index (χ0) is 14.8. The van der Waals surface area contributed by atoms with Gasteiger partial charge in [0.05, 0.1) is 11.6 Å². The minimum atomic E-state index is -0.515. The molecular weight excluding hydrogens is 290 g/mol. The summed E-state index contributed by atoms with van der Waals surface area (Å²) < 4.78 is 0. The molecule has 5 N–H and O–H groups in total. The maximum atomic E-state index is 12.0. The van der Waals surface area contributed by atoms with E-state index < -0.39 is 5.91 Å². The number of rotatable bonds is 4. The molecule has 1 unspecified atom stereocenters. The minimum Gasteiger partial charge on any atom is -0.364 e. The van der Waals surface area contributed by atoms with Crippen molar-refractivity contribution in [3.8, 4) is 11.3 Å². The molecule has 2 aromatic heterocycles. The molecule has 1 aliphatic rings. The molecule has 0 aliphatic carbocycles. The summed E-state index contributed by atoms with van der Waals surface area (Å²) in [5.41, 5.74) is 6.99. The Morgan fingerprint density at radius 1 is 1.48 bits per heavy atom. The number of carbonyl (C=O) groups excluding carboxylic acids is 2. The molecule has 7 nitrogen and oxygen atoms in total. The third kappa shape index (κ3) is 2.96. The second-order valence-electron chi connectivity index (χ2n) is 4.88. The van der Waals surface area contributed by atoms with Crippen LogP contribution in [0.5, 0.6) is 0 Å². The molecule has 3 rings (SSSR count). The third-order valence-electron chi connectivity index (χ3n) is 3.41. The van der Waals surface area contributed by atoms with Crippen LogP contribution in [0.3, 0.4) is 0 Å². The molecule has 21 heavy (non-hydrogen) atoms. The standard InChI is InChI=1S/C13H15N5O2S/c14-11(19)9-3-8(5-16-9)10-6-21-13(17-10)18-12(20)7-1-2-15-4-7/h3,5-7,15-16H,1-2,4H2,(H2,14,19)(H,17,18,20). The molecular formula is C13H15N5O2S. The van der Waals surface area contributed by atoms with E-state index in [1.165, 1.54) is 11.3 Å². The zero-order valence-electron chi connectivity index (χ0n) is 11.2. The first kappa shape index (κ1) is 13.8. The first-order chi connectivity index (χ1) is 10.1. The van der Waals surface area contributed by atoms with E-state index in [9.17, 15) is 9.59 Å². The maximum absolute atomic E-state index is 12.0. The van der Waals surface area contributed by atoms with E-state index in [1.54, 1.807) is 12.3 Å². The van der Waals surface area contributed by atoms with Crippen LogP contribution in [0.4, 0.5) is 5.13 Å². The van der Waals surface area contributed by atoms with Crippen LogP contribution in [0.2, 0.25) is 0 Å². The summed E-state index contributed by atoms with van der Waals surface area (Å²) in [4.78, 5) is 30.2. The van der Waals surface area contributed by atoms with E-state index in [0.717, 1.165) is 18.5 Å². The van der Waals surface area contributed by atoms with Gasteiger partial charge < -0.3 is 21.4 Å². The van der Waals surface area contributed by atoms with Crippen molar-refractivity contribution in [2.45, 2.75) is 6.42 Å². The summed E-state index contributed by atoms with van der Waals surface area (Å²) in [6, 6.07) is 1.64. The molecule has 0 saturated carbocycles. The van der Waals surface area contributed by atoms with Crippen LogP contribution in [-0.2, 0) is 4.79 Å². The molecule has 0 aromatic carbocycles. The molecule has 0 bridgehead atoms. The van der Waals surface area contributed by atoms with Crippen molar-refractivity contribution >= 4 is 28.3 Å². The summed E-state index contributed by atoms with van der Waals surface area (Å²) in [6.07, 6.45) is 2.52. The van der Waals surface area contributed by atoms with Crippen LogP contribution in [0.25, 0.3) is 11.3 Å². The number of H-pyrrole nitrogens is 1. The second kappa shape index (κ2) is 5.66. The van der Waals surface area contributed by atoms with Gasteiger partial charge in [-0.05, 0) is 19.0 Å². The number of nitrogens with one attached hydrogen (secondary N) is 3. The summed E-state index contributed by atoms with van der Waals surface area (Å²) in [7, 11) is 0. The normalized spacial score (nSPS) is 17.8. The first-order valence-electron chi connectivity index (χ1n) is 6.59. The lowest BCUT2D eigenvalue weighted by Gasteiger charge is -2.06. The monoisotopic (exact) mass is 305 g/mol. The Hall–Kier alpha value is -2.19. The van der Waals surface area contributed by atoms with Crippen LogP contribution in [0.1, 0.15) is 16.9 Å². The molecule has 0 spiro atoms. The van der Waals surface area contributed by atoms with Crippen molar-refractivity contribution in [1.29, 1.82) is 0 Å². The fourth-order valence-corrected chi connectivity index (χ4v) is 2.96. The predicted octanol–water partition coefficient (Wildman–Crippen LogP) is 0.785. The lowest BCUT2D eigenvalue weighted by molar-refractivity contribution is -0.119. The van der Waals surface area contributed by atoms with E-state index in [0.29, 0.717) is 23.1 Å². The number of nitrogens with zero attached hydrogens (tertiary/aromatic N) is 1. The fourth-order valence-electron chi connectivity index (χ4n) is 2.23. The van der Waals surface area contributed by atoms with Crippen LogP contribution in [-0.4, -0.2) is 34.9 Å². The SMILES string of the molecule is NC(=O)c1cc(-c2csc(NC(=O)C3CCNC3)n2)c[nH]1.